The van der Waals surface area contributed by atoms with Crippen LogP contribution in [0.5, 0.6) is 5.75 Å². The summed E-state index contributed by atoms with van der Waals surface area (Å²) in [5.74, 6) is 0.223. The normalized spacial score (nSPS) is 18.6. The van der Waals surface area contributed by atoms with Crippen molar-refractivity contribution in [2.24, 2.45) is 0 Å². The molecular weight excluding hydrogens is 400 g/mol. The predicted octanol–water partition coefficient (Wildman–Crippen LogP) is 4.35. The molecule has 0 saturated carbocycles. The van der Waals surface area contributed by atoms with Gasteiger partial charge >= 0.3 is 0 Å². The summed E-state index contributed by atoms with van der Waals surface area (Å²) in [5, 5.41) is 24.7. The van der Waals surface area contributed by atoms with E-state index in [0.29, 0.717) is 5.56 Å². The van der Waals surface area contributed by atoms with E-state index in [1.54, 1.807) is 12.1 Å². The summed E-state index contributed by atoms with van der Waals surface area (Å²) < 4.78 is 0. The molecule has 0 bridgehead atoms. The van der Waals surface area contributed by atoms with E-state index in [-0.39, 0.29) is 17.8 Å². The number of phenolic OH excluding ortho intramolecular Hbond substituents is 1. The van der Waals surface area contributed by atoms with Gasteiger partial charge in [0.1, 0.15) is 17.7 Å². The van der Waals surface area contributed by atoms with Gasteiger partial charge in [-0.05, 0) is 55.5 Å². The van der Waals surface area contributed by atoms with Gasteiger partial charge in [0, 0.05) is 46.7 Å². The van der Waals surface area contributed by atoms with E-state index in [1.807, 2.05) is 48.5 Å². The zero-order chi connectivity index (χ0) is 22.1. The molecule has 0 spiro atoms. The Morgan fingerprint density at radius 3 is 2.41 bits per heavy atom. The number of nitrogens with one attached hydrogen (secondary N) is 1. The van der Waals surface area contributed by atoms with Gasteiger partial charge in [0.05, 0.1) is 11.7 Å². The lowest BCUT2D eigenvalue weighted by molar-refractivity contribution is 0.112. The maximum atomic E-state index is 11.1. The number of piperazine rings is 1. The molecule has 2 heterocycles. The smallest absolute Gasteiger partial charge is 0.150 e. The number of aromatic hydroxyl groups is 1. The first-order valence-corrected chi connectivity index (χ1v) is 10.8. The van der Waals surface area contributed by atoms with Gasteiger partial charge in [-0.3, -0.25) is 4.79 Å². The summed E-state index contributed by atoms with van der Waals surface area (Å²) in [5.41, 5.74) is 4.35. The van der Waals surface area contributed by atoms with Gasteiger partial charge < -0.3 is 15.3 Å². The molecule has 6 nitrogen and oxygen atoms in total. The highest BCUT2D eigenvalue weighted by atomic mass is 16.3. The Hall–Kier alpha value is -3.77. The third kappa shape index (κ3) is 3.59. The van der Waals surface area contributed by atoms with Crippen molar-refractivity contribution < 1.29 is 9.90 Å². The third-order valence-electron chi connectivity index (χ3n) is 6.13. The number of carbonyl (C=O) groups excluding carboxylic acids is 1. The topological polar surface area (TPSA) is 78.4 Å². The van der Waals surface area contributed by atoms with E-state index in [0.717, 1.165) is 52.8 Å². The summed E-state index contributed by atoms with van der Waals surface area (Å²) in [7, 11) is 0. The Morgan fingerprint density at radius 1 is 0.969 bits per heavy atom. The van der Waals surface area contributed by atoms with Crippen LogP contribution in [0.3, 0.4) is 0 Å². The quantitative estimate of drug-likeness (QED) is 0.474. The lowest BCUT2D eigenvalue weighted by Crippen LogP contribution is -2.52. The number of benzene rings is 3. The van der Waals surface area contributed by atoms with Crippen LogP contribution in [0.25, 0.3) is 22.0 Å². The molecule has 2 atom stereocenters. The molecule has 6 heteroatoms. The number of aldehydes is 1. The lowest BCUT2D eigenvalue weighted by atomic mass is 9.94. The molecule has 160 valence electrons. The molecule has 2 N–H and O–H groups in total. The second kappa shape index (κ2) is 8.40. The molecular formula is C26H24N4O2. The van der Waals surface area contributed by atoms with Gasteiger partial charge in [-0.25, -0.2) is 0 Å². The van der Waals surface area contributed by atoms with Crippen LogP contribution < -0.4 is 10.2 Å². The average molecular weight is 425 g/mol. The van der Waals surface area contributed by atoms with Crippen LogP contribution in [0.1, 0.15) is 29.0 Å². The Morgan fingerprint density at radius 2 is 1.69 bits per heavy atom. The molecule has 4 aromatic rings. The molecule has 1 aliphatic rings. The van der Waals surface area contributed by atoms with Gasteiger partial charge in [-0.2, -0.15) is 5.10 Å². The van der Waals surface area contributed by atoms with E-state index in [1.165, 1.54) is 0 Å². The number of rotatable bonds is 4. The molecule has 0 radical (unpaired) electrons. The minimum atomic E-state index is -0.0166. The number of phenols is 1. The molecule has 3 aromatic carbocycles. The number of fused-ring (bicyclic) bond motifs is 1. The highest BCUT2D eigenvalue weighted by Gasteiger charge is 2.33. The van der Waals surface area contributed by atoms with E-state index < -0.39 is 0 Å². The zero-order valence-electron chi connectivity index (χ0n) is 17.8. The fourth-order valence-corrected chi connectivity index (χ4v) is 4.53. The first-order valence-electron chi connectivity index (χ1n) is 10.8. The molecule has 1 fully saturated rings. The van der Waals surface area contributed by atoms with Crippen LogP contribution in [-0.2, 0) is 0 Å². The van der Waals surface area contributed by atoms with Crippen molar-refractivity contribution in [1.82, 2.24) is 15.5 Å². The van der Waals surface area contributed by atoms with Crippen molar-refractivity contribution >= 4 is 22.7 Å². The fraction of sp³-hybridized carbons (Fsp3) is 0.192. The monoisotopic (exact) mass is 424 g/mol. The lowest BCUT2D eigenvalue weighted by Gasteiger charge is -2.42. The maximum absolute atomic E-state index is 11.1. The van der Waals surface area contributed by atoms with Crippen molar-refractivity contribution in [3.05, 3.63) is 84.1 Å². The SMILES string of the molecule is CC1NCCN(c2ccc(C=O)cc2)C1c1nnc(-c2ccc(O)cc2)c2ccccc12. The predicted molar refractivity (Wildman–Crippen MR) is 126 cm³/mol. The molecule has 1 saturated heterocycles. The second-order valence-electron chi connectivity index (χ2n) is 8.12. The molecule has 0 aliphatic carbocycles. The average Bonchev–Trinajstić information content (AvgIpc) is 2.84. The summed E-state index contributed by atoms with van der Waals surface area (Å²) in [6, 6.07) is 23.1. The van der Waals surface area contributed by atoms with E-state index in [2.05, 4.69) is 34.4 Å². The Balaban J connectivity index is 1.64. The van der Waals surface area contributed by atoms with Crippen LogP contribution >= 0.6 is 0 Å². The van der Waals surface area contributed by atoms with Crippen molar-refractivity contribution in [3.8, 4) is 17.0 Å². The van der Waals surface area contributed by atoms with E-state index in [4.69, 9.17) is 5.10 Å². The van der Waals surface area contributed by atoms with Gasteiger partial charge in [0.2, 0.25) is 0 Å². The number of anilines is 1. The number of hydrogen-bond donors (Lipinski definition) is 2. The van der Waals surface area contributed by atoms with Gasteiger partial charge in [-0.15, -0.1) is 5.10 Å². The highest BCUT2D eigenvalue weighted by Crippen LogP contribution is 2.36. The van der Waals surface area contributed by atoms with Crippen molar-refractivity contribution in [1.29, 1.82) is 0 Å². The highest BCUT2D eigenvalue weighted by molar-refractivity contribution is 5.96. The van der Waals surface area contributed by atoms with E-state index >= 15 is 0 Å². The number of carbonyl (C=O) groups is 1. The Kier molecular flexibility index (Phi) is 5.29. The van der Waals surface area contributed by atoms with Crippen LogP contribution in [0.15, 0.2) is 72.8 Å². The standard InChI is InChI=1S/C26H24N4O2/c1-17-26(30(15-14-27-17)20-10-6-18(16-31)7-11-20)25-23-5-3-2-4-22(23)24(28-29-25)19-8-12-21(32)13-9-19/h2-13,16-17,26-27,32H,14-15H2,1H3. The summed E-state index contributed by atoms with van der Waals surface area (Å²) >= 11 is 0. The first kappa shape index (κ1) is 20.2. The van der Waals surface area contributed by atoms with Gasteiger partial charge in [0.25, 0.3) is 0 Å². The van der Waals surface area contributed by atoms with Crippen LogP contribution in [0.4, 0.5) is 5.69 Å². The Bertz CT molecular complexity index is 1260. The summed E-state index contributed by atoms with van der Waals surface area (Å²) in [6.07, 6.45) is 0.864. The number of hydrogen-bond acceptors (Lipinski definition) is 6. The van der Waals surface area contributed by atoms with Crippen LogP contribution in [0.2, 0.25) is 0 Å². The number of nitrogens with zero attached hydrogens (tertiary/aromatic N) is 3. The second-order valence-corrected chi connectivity index (χ2v) is 8.12. The summed E-state index contributed by atoms with van der Waals surface area (Å²) in [6.45, 7) is 3.86. The first-order chi connectivity index (χ1) is 15.7. The molecule has 1 aromatic heterocycles. The van der Waals surface area contributed by atoms with Crippen LogP contribution in [-0.4, -0.2) is 40.7 Å². The number of aromatic nitrogens is 2. The molecule has 1 aliphatic heterocycles. The molecule has 5 rings (SSSR count). The van der Waals surface area contributed by atoms with Crippen molar-refractivity contribution in [2.45, 2.75) is 19.0 Å². The van der Waals surface area contributed by atoms with Crippen LogP contribution in [0, 0.1) is 0 Å². The molecule has 0 amide bonds. The zero-order valence-corrected chi connectivity index (χ0v) is 17.8. The fourth-order valence-electron chi connectivity index (χ4n) is 4.53. The Labute approximate surface area is 186 Å². The van der Waals surface area contributed by atoms with Gasteiger partial charge in [-0.1, -0.05) is 24.3 Å². The van der Waals surface area contributed by atoms with E-state index in [9.17, 15) is 9.90 Å². The largest absolute Gasteiger partial charge is 0.508 e. The molecule has 2 unspecified atom stereocenters. The summed E-state index contributed by atoms with van der Waals surface area (Å²) in [4.78, 5) is 13.4. The molecule has 32 heavy (non-hydrogen) atoms. The third-order valence-corrected chi connectivity index (χ3v) is 6.13. The minimum Gasteiger partial charge on any atom is -0.508 e. The maximum Gasteiger partial charge on any atom is 0.150 e. The van der Waals surface area contributed by atoms with Gasteiger partial charge in [0.15, 0.2) is 0 Å². The van der Waals surface area contributed by atoms with Crippen molar-refractivity contribution in [3.63, 3.8) is 0 Å². The van der Waals surface area contributed by atoms with Crippen molar-refractivity contribution in [2.75, 3.05) is 18.0 Å². The minimum absolute atomic E-state index is 0.0166.